The summed E-state index contributed by atoms with van der Waals surface area (Å²) in [5.41, 5.74) is 0.520. The molecule has 25 heavy (non-hydrogen) atoms. The molecule has 1 heterocycles. The zero-order valence-corrected chi connectivity index (χ0v) is 17.7. The predicted octanol–water partition coefficient (Wildman–Crippen LogP) is 2.03. The van der Waals surface area contributed by atoms with Crippen molar-refractivity contribution >= 4 is 40.0 Å². The van der Waals surface area contributed by atoms with Crippen molar-refractivity contribution in [1.82, 2.24) is 14.9 Å². The summed E-state index contributed by atoms with van der Waals surface area (Å²) >= 11 is 0. The number of nitrogens with zero attached hydrogens (tertiary/aromatic N) is 2. The largest absolute Gasteiger partial charge is 0.355 e. The Morgan fingerprint density at radius 1 is 1.20 bits per heavy atom. The normalized spacial score (nSPS) is 19.4. The predicted molar refractivity (Wildman–Crippen MR) is 111 cm³/mol. The van der Waals surface area contributed by atoms with Crippen molar-refractivity contribution in [3.05, 3.63) is 30.3 Å². The van der Waals surface area contributed by atoms with Gasteiger partial charge in [0, 0.05) is 33.2 Å². The molecule has 1 aromatic carbocycles. The molecule has 140 valence electrons. The van der Waals surface area contributed by atoms with Crippen molar-refractivity contribution in [2.75, 3.05) is 33.2 Å². The van der Waals surface area contributed by atoms with E-state index in [9.17, 15) is 8.42 Å². The second-order valence-electron chi connectivity index (χ2n) is 6.71. The SMILES string of the molecule is CN=C(NCCNS(=O)(=O)c1ccccc1)N1CCC2(CCC2)C1.I. The summed E-state index contributed by atoms with van der Waals surface area (Å²) in [7, 11) is -1.66. The molecule has 1 saturated carbocycles. The molecule has 0 bridgehead atoms. The molecular formula is C17H27IN4O2S. The van der Waals surface area contributed by atoms with E-state index in [4.69, 9.17) is 0 Å². The number of hydrogen-bond donors (Lipinski definition) is 2. The highest BCUT2D eigenvalue weighted by Crippen LogP contribution is 2.47. The Hall–Kier alpha value is -0.870. The number of halogens is 1. The fourth-order valence-electron chi connectivity index (χ4n) is 3.58. The molecule has 0 amide bonds. The molecule has 1 aliphatic heterocycles. The number of rotatable bonds is 5. The lowest BCUT2D eigenvalue weighted by molar-refractivity contribution is 0.151. The highest BCUT2D eigenvalue weighted by molar-refractivity contribution is 14.0. The van der Waals surface area contributed by atoms with Crippen LogP contribution in [0.2, 0.25) is 0 Å². The van der Waals surface area contributed by atoms with Gasteiger partial charge in [-0.3, -0.25) is 4.99 Å². The molecule has 0 aromatic heterocycles. The molecule has 1 aliphatic carbocycles. The minimum Gasteiger partial charge on any atom is -0.355 e. The van der Waals surface area contributed by atoms with Crippen LogP contribution in [0.25, 0.3) is 0 Å². The lowest BCUT2D eigenvalue weighted by Crippen LogP contribution is -2.44. The van der Waals surface area contributed by atoms with Gasteiger partial charge in [0.05, 0.1) is 4.90 Å². The molecule has 1 saturated heterocycles. The summed E-state index contributed by atoms with van der Waals surface area (Å²) in [5, 5.41) is 3.27. The standard InChI is InChI=1S/C17H26N4O2S.HI/c1-18-16(21-13-10-17(14-21)8-5-9-17)19-11-12-20-24(22,23)15-6-3-2-4-7-15;/h2-4,6-7,20H,5,8-14H2,1H3,(H,18,19);1H. The van der Waals surface area contributed by atoms with Gasteiger partial charge in [-0.1, -0.05) is 24.6 Å². The smallest absolute Gasteiger partial charge is 0.240 e. The number of aliphatic imine (C=N–C) groups is 1. The topological polar surface area (TPSA) is 73.8 Å². The molecule has 3 rings (SSSR count). The third kappa shape index (κ3) is 4.85. The number of benzene rings is 1. The van der Waals surface area contributed by atoms with E-state index in [1.807, 2.05) is 0 Å². The maximum atomic E-state index is 12.2. The zero-order valence-electron chi connectivity index (χ0n) is 14.6. The zero-order chi connectivity index (χ0) is 17.0. The number of nitrogens with one attached hydrogen (secondary N) is 2. The van der Waals surface area contributed by atoms with Crippen LogP contribution in [0, 0.1) is 5.41 Å². The number of likely N-dealkylation sites (tertiary alicyclic amines) is 1. The second-order valence-corrected chi connectivity index (χ2v) is 8.48. The third-order valence-corrected chi connectivity index (χ3v) is 6.59. The van der Waals surface area contributed by atoms with Crippen molar-refractivity contribution in [2.45, 2.75) is 30.6 Å². The number of hydrogen-bond acceptors (Lipinski definition) is 3. The van der Waals surface area contributed by atoms with Gasteiger partial charge in [0.1, 0.15) is 0 Å². The van der Waals surface area contributed by atoms with Gasteiger partial charge in [-0.25, -0.2) is 13.1 Å². The van der Waals surface area contributed by atoms with Crippen molar-refractivity contribution in [1.29, 1.82) is 0 Å². The second kappa shape index (κ2) is 8.68. The van der Waals surface area contributed by atoms with Crippen molar-refractivity contribution in [3.8, 4) is 0 Å². The fourth-order valence-corrected chi connectivity index (χ4v) is 4.63. The fraction of sp³-hybridized carbons (Fsp3) is 0.588. The molecule has 2 aliphatic rings. The van der Waals surface area contributed by atoms with E-state index in [1.165, 1.54) is 25.7 Å². The first-order valence-corrected chi connectivity index (χ1v) is 10.0. The van der Waals surface area contributed by atoms with E-state index < -0.39 is 10.0 Å². The van der Waals surface area contributed by atoms with Crippen LogP contribution in [-0.4, -0.2) is 52.5 Å². The van der Waals surface area contributed by atoms with Crippen LogP contribution in [-0.2, 0) is 10.0 Å². The van der Waals surface area contributed by atoms with E-state index in [-0.39, 0.29) is 24.0 Å². The molecular weight excluding hydrogens is 451 g/mol. The summed E-state index contributed by atoms with van der Waals surface area (Å²) < 4.78 is 26.9. The van der Waals surface area contributed by atoms with Gasteiger partial charge in [0.2, 0.25) is 10.0 Å². The van der Waals surface area contributed by atoms with Gasteiger partial charge in [0.15, 0.2) is 5.96 Å². The molecule has 1 aromatic rings. The van der Waals surface area contributed by atoms with Gasteiger partial charge >= 0.3 is 0 Å². The number of sulfonamides is 1. The summed E-state index contributed by atoms with van der Waals surface area (Å²) in [4.78, 5) is 6.93. The summed E-state index contributed by atoms with van der Waals surface area (Å²) in [6.45, 7) is 2.95. The average Bonchev–Trinajstić information content (AvgIpc) is 3.01. The monoisotopic (exact) mass is 478 g/mol. The van der Waals surface area contributed by atoms with Crippen LogP contribution >= 0.6 is 24.0 Å². The van der Waals surface area contributed by atoms with E-state index in [1.54, 1.807) is 37.4 Å². The first kappa shape index (κ1) is 20.4. The van der Waals surface area contributed by atoms with Crippen LogP contribution in [0.15, 0.2) is 40.2 Å². The van der Waals surface area contributed by atoms with Gasteiger partial charge < -0.3 is 10.2 Å². The molecule has 2 fully saturated rings. The Labute approximate surface area is 167 Å². The van der Waals surface area contributed by atoms with Crippen LogP contribution in [0.3, 0.4) is 0 Å². The third-order valence-electron chi connectivity index (χ3n) is 5.12. The molecule has 0 unspecified atom stereocenters. The molecule has 1 spiro atoms. The van der Waals surface area contributed by atoms with Crippen molar-refractivity contribution < 1.29 is 8.42 Å². The van der Waals surface area contributed by atoms with Crippen LogP contribution in [0.4, 0.5) is 0 Å². The van der Waals surface area contributed by atoms with E-state index in [0.717, 1.165) is 19.0 Å². The lowest BCUT2D eigenvalue weighted by Gasteiger charge is -2.38. The first-order chi connectivity index (χ1) is 11.5. The highest BCUT2D eigenvalue weighted by Gasteiger charge is 2.43. The maximum Gasteiger partial charge on any atom is 0.240 e. The minimum atomic E-state index is -3.44. The van der Waals surface area contributed by atoms with Crippen molar-refractivity contribution in [2.24, 2.45) is 10.4 Å². The van der Waals surface area contributed by atoms with E-state index >= 15 is 0 Å². The number of guanidine groups is 1. The molecule has 6 nitrogen and oxygen atoms in total. The Morgan fingerprint density at radius 3 is 2.48 bits per heavy atom. The lowest BCUT2D eigenvalue weighted by atomic mass is 9.68. The van der Waals surface area contributed by atoms with Gasteiger partial charge in [-0.05, 0) is 36.8 Å². The summed E-state index contributed by atoms with van der Waals surface area (Å²) in [6, 6.07) is 8.43. The highest BCUT2D eigenvalue weighted by atomic mass is 127. The Bertz CT molecular complexity index is 690. The Morgan fingerprint density at radius 2 is 1.92 bits per heavy atom. The van der Waals surface area contributed by atoms with E-state index in [2.05, 4.69) is 19.9 Å². The molecule has 8 heteroatoms. The molecule has 0 radical (unpaired) electrons. The van der Waals surface area contributed by atoms with Gasteiger partial charge in [-0.15, -0.1) is 24.0 Å². The maximum absolute atomic E-state index is 12.2. The van der Waals surface area contributed by atoms with Crippen LogP contribution < -0.4 is 10.0 Å². The Balaban J connectivity index is 0.00000225. The summed E-state index contributed by atoms with van der Waals surface area (Å²) in [6.07, 6.45) is 5.25. The van der Waals surface area contributed by atoms with Crippen molar-refractivity contribution in [3.63, 3.8) is 0 Å². The quantitative estimate of drug-likeness (QED) is 0.294. The van der Waals surface area contributed by atoms with E-state index in [0.29, 0.717) is 23.4 Å². The van der Waals surface area contributed by atoms with Gasteiger partial charge in [0.25, 0.3) is 0 Å². The molecule has 0 atom stereocenters. The Kier molecular flexibility index (Phi) is 7.10. The van der Waals surface area contributed by atoms with Crippen LogP contribution in [0.1, 0.15) is 25.7 Å². The summed E-state index contributed by atoms with van der Waals surface area (Å²) in [5.74, 6) is 0.873. The van der Waals surface area contributed by atoms with Crippen LogP contribution in [0.5, 0.6) is 0 Å². The average molecular weight is 478 g/mol. The minimum absolute atomic E-state index is 0. The van der Waals surface area contributed by atoms with Gasteiger partial charge in [-0.2, -0.15) is 0 Å². The first-order valence-electron chi connectivity index (χ1n) is 8.55. The molecule has 2 N–H and O–H groups in total.